The van der Waals surface area contributed by atoms with Crippen molar-refractivity contribution in [2.45, 2.75) is 27.6 Å². The van der Waals surface area contributed by atoms with Crippen molar-refractivity contribution in [2.75, 3.05) is 10.6 Å². The minimum atomic E-state index is -4.23. The van der Waals surface area contributed by atoms with Gasteiger partial charge in [0, 0.05) is 6.04 Å². The lowest BCUT2D eigenvalue weighted by atomic mass is 10.4. The van der Waals surface area contributed by atoms with Crippen molar-refractivity contribution in [3.63, 3.8) is 0 Å². The van der Waals surface area contributed by atoms with Crippen LogP contribution >= 0.6 is 46.4 Å². The molecule has 2 amide bonds. The quantitative estimate of drug-likeness (QED) is 0.553. The number of sulfonamides is 1. The van der Waals surface area contributed by atoms with Gasteiger partial charge in [0.15, 0.2) is 5.82 Å². The number of alkyl halides is 3. The maximum Gasteiger partial charge on any atom is 0.335 e. The maximum atomic E-state index is 12.3. The summed E-state index contributed by atoms with van der Waals surface area (Å²) in [4.78, 5) is 23.7. The van der Waals surface area contributed by atoms with Crippen molar-refractivity contribution in [2.24, 2.45) is 0 Å². The molecular weight excluding hydrogens is 474 g/mol. The molecule has 0 aliphatic heterocycles. The van der Waals surface area contributed by atoms with E-state index in [0.29, 0.717) is 0 Å². The summed E-state index contributed by atoms with van der Waals surface area (Å²) >= 11 is 23.3. The predicted octanol–water partition coefficient (Wildman–Crippen LogP) is 3.44. The molecule has 9 nitrogen and oxygen atoms in total. The van der Waals surface area contributed by atoms with Crippen LogP contribution in [0.3, 0.4) is 0 Å². The van der Waals surface area contributed by atoms with Gasteiger partial charge in [0.2, 0.25) is 15.7 Å². The molecule has 150 valence electrons. The maximum absolute atomic E-state index is 12.3. The van der Waals surface area contributed by atoms with Gasteiger partial charge >= 0.3 is 6.03 Å². The lowest BCUT2D eigenvalue weighted by molar-refractivity contribution is 0.256. The number of hydrogen-bond donors (Lipinski definition) is 3. The molecule has 1 aromatic heterocycles. The number of anilines is 2. The van der Waals surface area contributed by atoms with E-state index in [1.807, 2.05) is 4.72 Å². The number of nitrogens with zero attached hydrogens (tertiary/aromatic N) is 3. The number of hydrogen-bond acceptors (Lipinski definition) is 7. The molecule has 28 heavy (non-hydrogen) atoms. The number of amides is 2. The number of carbonyl (C=O) groups is 1. The first-order valence-electron chi connectivity index (χ1n) is 7.73. The van der Waals surface area contributed by atoms with E-state index in [1.165, 1.54) is 18.2 Å². The number of aromatic nitrogens is 3. The summed E-state index contributed by atoms with van der Waals surface area (Å²) in [5, 5.41) is 5.12. The van der Waals surface area contributed by atoms with E-state index in [1.54, 1.807) is 6.07 Å². The van der Waals surface area contributed by atoms with E-state index in [4.69, 9.17) is 46.4 Å². The van der Waals surface area contributed by atoms with Gasteiger partial charge in [0.05, 0.1) is 5.02 Å². The molecule has 1 heterocycles. The fraction of sp³-hybridized carbons (Fsp3) is 0.286. The van der Waals surface area contributed by atoms with Gasteiger partial charge in [-0.05, 0) is 25.0 Å². The van der Waals surface area contributed by atoms with Gasteiger partial charge in [-0.3, -0.25) is 5.32 Å². The van der Waals surface area contributed by atoms with E-state index in [-0.39, 0.29) is 33.7 Å². The average molecular weight is 486 g/mol. The largest absolute Gasteiger partial charge is 0.351 e. The Morgan fingerprint density at radius 3 is 2.32 bits per heavy atom. The zero-order chi connectivity index (χ0) is 20.5. The molecule has 1 aromatic carbocycles. The smallest absolute Gasteiger partial charge is 0.335 e. The van der Waals surface area contributed by atoms with Gasteiger partial charge in [-0.1, -0.05) is 58.5 Å². The summed E-state index contributed by atoms with van der Waals surface area (Å²) in [6.45, 7) is 0. The van der Waals surface area contributed by atoms with E-state index in [0.717, 1.165) is 12.8 Å². The van der Waals surface area contributed by atoms with Crippen LogP contribution in [0.4, 0.5) is 16.7 Å². The first kappa shape index (κ1) is 21.1. The zero-order valence-corrected chi connectivity index (χ0v) is 17.6. The van der Waals surface area contributed by atoms with Crippen LogP contribution in [0, 0.1) is 0 Å². The SMILES string of the molecule is O=C(Nc1nc(NC2CC2)nc(C(Cl)(Cl)Cl)n1)NS(=O)(=O)c1ccccc1Cl. The summed E-state index contributed by atoms with van der Waals surface area (Å²) < 4.78 is 24.5. The number of halogens is 4. The Morgan fingerprint density at radius 1 is 1.07 bits per heavy atom. The minimum absolute atomic E-state index is 0.0441. The summed E-state index contributed by atoms with van der Waals surface area (Å²) in [7, 11) is -4.23. The van der Waals surface area contributed by atoms with E-state index >= 15 is 0 Å². The zero-order valence-electron chi connectivity index (χ0n) is 13.8. The van der Waals surface area contributed by atoms with Crippen LogP contribution in [0.2, 0.25) is 5.02 Å². The molecule has 0 bridgehead atoms. The van der Waals surface area contributed by atoms with Gasteiger partial charge in [-0.15, -0.1) is 0 Å². The second-order valence-electron chi connectivity index (χ2n) is 5.71. The summed E-state index contributed by atoms with van der Waals surface area (Å²) in [6.07, 6.45) is 1.85. The van der Waals surface area contributed by atoms with Crippen molar-refractivity contribution in [1.82, 2.24) is 19.7 Å². The molecule has 1 aliphatic carbocycles. The topological polar surface area (TPSA) is 126 Å². The fourth-order valence-corrected chi connectivity index (χ4v) is 3.68. The number of benzene rings is 1. The first-order chi connectivity index (χ1) is 13.0. The van der Waals surface area contributed by atoms with Gasteiger partial charge in [0.1, 0.15) is 4.90 Å². The van der Waals surface area contributed by atoms with Crippen LogP contribution in [-0.2, 0) is 13.8 Å². The van der Waals surface area contributed by atoms with Crippen molar-refractivity contribution >= 4 is 74.4 Å². The second-order valence-corrected chi connectivity index (χ2v) is 10.1. The van der Waals surface area contributed by atoms with Crippen LogP contribution in [-0.4, -0.2) is 35.4 Å². The third kappa shape index (κ3) is 5.48. The molecule has 0 radical (unpaired) electrons. The molecule has 0 atom stereocenters. The Labute approximate surface area is 180 Å². The van der Waals surface area contributed by atoms with Gasteiger partial charge in [-0.2, -0.15) is 15.0 Å². The number of nitrogens with one attached hydrogen (secondary N) is 3. The Hall–Kier alpha value is -1.59. The van der Waals surface area contributed by atoms with Crippen LogP contribution in [0.25, 0.3) is 0 Å². The van der Waals surface area contributed by atoms with Crippen molar-refractivity contribution < 1.29 is 13.2 Å². The lowest BCUT2D eigenvalue weighted by Gasteiger charge is -2.13. The van der Waals surface area contributed by atoms with E-state index in [2.05, 4.69) is 25.6 Å². The highest BCUT2D eigenvalue weighted by Gasteiger charge is 2.30. The van der Waals surface area contributed by atoms with Crippen molar-refractivity contribution in [3.05, 3.63) is 35.1 Å². The Balaban J connectivity index is 1.80. The van der Waals surface area contributed by atoms with Crippen LogP contribution in [0.15, 0.2) is 29.2 Å². The fourth-order valence-electron chi connectivity index (χ4n) is 2.00. The molecular formula is C14H12Cl4N6O3S. The molecule has 2 aromatic rings. The molecule has 1 fully saturated rings. The van der Waals surface area contributed by atoms with Crippen LogP contribution in [0.5, 0.6) is 0 Å². The molecule has 1 aliphatic rings. The van der Waals surface area contributed by atoms with Gasteiger partial charge in [-0.25, -0.2) is 17.9 Å². The molecule has 0 saturated heterocycles. The molecule has 0 spiro atoms. The van der Waals surface area contributed by atoms with E-state index in [9.17, 15) is 13.2 Å². The minimum Gasteiger partial charge on any atom is -0.351 e. The highest BCUT2D eigenvalue weighted by molar-refractivity contribution is 7.90. The van der Waals surface area contributed by atoms with E-state index < -0.39 is 19.8 Å². The van der Waals surface area contributed by atoms with Crippen LogP contribution < -0.4 is 15.4 Å². The third-order valence-electron chi connectivity index (χ3n) is 3.38. The van der Waals surface area contributed by atoms with Crippen molar-refractivity contribution in [3.8, 4) is 0 Å². The molecule has 3 N–H and O–H groups in total. The monoisotopic (exact) mass is 484 g/mol. The standard InChI is InChI=1S/C14H12Cl4N6O3S/c15-8-3-1-2-4-9(8)28(26,27)24-13(25)23-12-21-10(14(16,17)18)20-11(22-12)19-7-5-6-7/h1-4,7H,5-6H2,(H3,19,20,21,22,23,24,25). The normalized spacial score (nSPS) is 14.4. The van der Waals surface area contributed by atoms with Gasteiger partial charge in [0.25, 0.3) is 10.0 Å². The number of urea groups is 1. The molecule has 1 saturated carbocycles. The number of carbonyl (C=O) groups excluding carboxylic acids is 1. The Morgan fingerprint density at radius 2 is 1.71 bits per heavy atom. The second kappa shape index (κ2) is 8.03. The van der Waals surface area contributed by atoms with Crippen LogP contribution in [0.1, 0.15) is 18.7 Å². The average Bonchev–Trinajstić information content (AvgIpc) is 3.37. The lowest BCUT2D eigenvalue weighted by Crippen LogP contribution is -2.35. The molecule has 0 unspecified atom stereocenters. The summed E-state index contributed by atoms with van der Waals surface area (Å²) in [5.74, 6) is -0.450. The highest BCUT2D eigenvalue weighted by Crippen LogP contribution is 2.36. The Kier molecular flexibility index (Phi) is 6.06. The molecule has 3 rings (SSSR count). The van der Waals surface area contributed by atoms with Gasteiger partial charge < -0.3 is 5.32 Å². The summed E-state index contributed by atoms with van der Waals surface area (Å²) in [6, 6.07) is 4.70. The highest BCUT2D eigenvalue weighted by atomic mass is 35.6. The third-order valence-corrected chi connectivity index (χ3v) is 5.72. The first-order valence-corrected chi connectivity index (χ1v) is 10.7. The summed E-state index contributed by atoms with van der Waals surface area (Å²) in [5.41, 5.74) is 0. The number of rotatable bonds is 5. The van der Waals surface area contributed by atoms with Crippen molar-refractivity contribution in [1.29, 1.82) is 0 Å². The Bertz CT molecular complexity index is 1010. The predicted molar refractivity (Wildman–Crippen MR) is 107 cm³/mol. The molecule has 14 heteroatoms.